The van der Waals surface area contributed by atoms with E-state index in [9.17, 15) is 4.79 Å². The molecule has 6 rings (SSSR count). The standard InChI is InChI=1S/C32H29N3O3/c1-3-37-31(36)32(17-18-32)28-15-13-25(14-16-28)24-9-11-26(12-10-24)30-29(22(2)34-38-30)21-35-20-27(19-33-35)23-7-5-4-6-8-23/h4-16,19-20H,3,17-18,21H2,1-2H3. The summed E-state index contributed by atoms with van der Waals surface area (Å²) in [6.45, 7) is 4.79. The topological polar surface area (TPSA) is 70.2 Å². The Labute approximate surface area is 221 Å². The summed E-state index contributed by atoms with van der Waals surface area (Å²) in [5.41, 5.74) is 7.82. The molecule has 0 radical (unpaired) electrons. The molecule has 1 fully saturated rings. The molecule has 6 heteroatoms. The van der Waals surface area contributed by atoms with Crippen molar-refractivity contribution in [2.45, 2.75) is 38.6 Å². The van der Waals surface area contributed by atoms with E-state index < -0.39 is 5.41 Å². The van der Waals surface area contributed by atoms with Crippen molar-refractivity contribution < 1.29 is 14.1 Å². The lowest BCUT2D eigenvalue weighted by atomic mass is 9.93. The van der Waals surface area contributed by atoms with Gasteiger partial charge in [-0.15, -0.1) is 0 Å². The van der Waals surface area contributed by atoms with Gasteiger partial charge in [-0.05, 0) is 48.9 Å². The second-order valence-electron chi connectivity index (χ2n) is 9.83. The zero-order valence-corrected chi connectivity index (χ0v) is 21.6. The number of rotatable bonds is 8. The Kier molecular flexibility index (Phi) is 6.16. The van der Waals surface area contributed by atoms with Crippen molar-refractivity contribution in [1.29, 1.82) is 0 Å². The maximum Gasteiger partial charge on any atom is 0.316 e. The number of hydrogen-bond acceptors (Lipinski definition) is 5. The highest BCUT2D eigenvalue weighted by Gasteiger charge is 2.52. The molecular formula is C32H29N3O3. The summed E-state index contributed by atoms with van der Waals surface area (Å²) < 4.78 is 13.0. The van der Waals surface area contributed by atoms with Gasteiger partial charge in [0.2, 0.25) is 0 Å². The van der Waals surface area contributed by atoms with Gasteiger partial charge in [-0.25, -0.2) is 0 Å². The Hall–Kier alpha value is -4.45. The summed E-state index contributed by atoms with van der Waals surface area (Å²) in [6.07, 6.45) is 5.64. The normalized spacial score (nSPS) is 13.8. The first-order valence-corrected chi connectivity index (χ1v) is 13.0. The molecule has 2 heterocycles. The molecule has 3 aromatic carbocycles. The third-order valence-electron chi connectivity index (χ3n) is 7.38. The van der Waals surface area contributed by atoms with Crippen LogP contribution in [0.4, 0.5) is 0 Å². The number of carbonyl (C=O) groups excluding carboxylic acids is 1. The van der Waals surface area contributed by atoms with Crippen molar-refractivity contribution >= 4 is 5.97 Å². The van der Waals surface area contributed by atoms with Crippen LogP contribution in [0.5, 0.6) is 0 Å². The number of benzene rings is 3. The molecule has 0 N–H and O–H groups in total. The molecule has 5 aromatic rings. The van der Waals surface area contributed by atoms with Gasteiger partial charge in [0.1, 0.15) is 0 Å². The van der Waals surface area contributed by atoms with Gasteiger partial charge in [-0.3, -0.25) is 9.48 Å². The number of hydrogen-bond donors (Lipinski definition) is 0. The summed E-state index contributed by atoms with van der Waals surface area (Å²) in [4.78, 5) is 12.4. The van der Waals surface area contributed by atoms with Crippen LogP contribution in [0.25, 0.3) is 33.6 Å². The van der Waals surface area contributed by atoms with Crippen molar-refractivity contribution in [3.8, 4) is 33.6 Å². The van der Waals surface area contributed by atoms with E-state index in [0.717, 1.165) is 63.2 Å². The van der Waals surface area contributed by atoms with Crippen molar-refractivity contribution in [2.24, 2.45) is 0 Å². The second-order valence-corrected chi connectivity index (χ2v) is 9.83. The average Bonchev–Trinajstić information content (AvgIpc) is 3.51. The Bertz CT molecular complexity index is 1560. The molecule has 1 saturated carbocycles. The van der Waals surface area contributed by atoms with Crippen LogP contribution in [0.1, 0.15) is 36.6 Å². The second kappa shape index (κ2) is 9.78. The zero-order valence-electron chi connectivity index (χ0n) is 21.6. The van der Waals surface area contributed by atoms with Gasteiger partial charge >= 0.3 is 5.97 Å². The van der Waals surface area contributed by atoms with E-state index in [1.165, 1.54) is 0 Å². The van der Waals surface area contributed by atoms with E-state index in [2.05, 4.69) is 70.9 Å². The Morgan fingerprint density at radius 2 is 1.53 bits per heavy atom. The van der Waals surface area contributed by atoms with E-state index in [-0.39, 0.29) is 5.97 Å². The molecule has 0 saturated heterocycles. The van der Waals surface area contributed by atoms with Crippen LogP contribution in [0.3, 0.4) is 0 Å². The average molecular weight is 504 g/mol. The monoisotopic (exact) mass is 503 g/mol. The number of ether oxygens (including phenoxy) is 1. The number of esters is 1. The molecule has 2 aromatic heterocycles. The molecule has 6 nitrogen and oxygen atoms in total. The minimum absolute atomic E-state index is 0.110. The molecule has 0 spiro atoms. The number of aryl methyl sites for hydroxylation is 1. The van der Waals surface area contributed by atoms with Crippen molar-refractivity contribution in [2.75, 3.05) is 6.61 Å². The fourth-order valence-corrected chi connectivity index (χ4v) is 4.99. The fourth-order valence-electron chi connectivity index (χ4n) is 4.99. The number of carbonyl (C=O) groups is 1. The third kappa shape index (κ3) is 4.43. The molecule has 0 bridgehead atoms. The van der Waals surface area contributed by atoms with E-state index in [4.69, 9.17) is 9.26 Å². The van der Waals surface area contributed by atoms with Gasteiger partial charge < -0.3 is 9.26 Å². The maximum absolute atomic E-state index is 12.4. The first-order chi connectivity index (χ1) is 18.6. The first-order valence-electron chi connectivity index (χ1n) is 13.0. The first kappa shape index (κ1) is 23.9. The van der Waals surface area contributed by atoms with Gasteiger partial charge in [0.25, 0.3) is 0 Å². The van der Waals surface area contributed by atoms with Crippen molar-refractivity contribution in [3.05, 3.63) is 108 Å². The van der Waals surface area contributed by atoms with Crippen LogP contribution in [0, 0.1) is 6.92 Å². The molecule has 0 unspecified atom stereocenters. The van der Waals surface area contributed by atoms with Gasteiger partial charge in [-0.2, -0.15) is 5.10 Å². The highest BCUT2D eigenvalue weighted by atomic mass is 16.5. The summed E-state index contributed by atoms with van der Waals surface area (Å²) >= 11 is 0. The lowest BCUT2D eigenvalue weighted by Gasteiger charge is -2.14. The molecular weight excluding hydrogens is 474 g/mol. The molecule has 0 amide bonds. The van der Waals surface area contributed by atoms with Crippen molar-refractivity contribution in [3.63, 3.8) is 0 Å². The SMILES string of the molecule is CCOC(=O)C1(c2ccc(-c3ccc(-c4onc(C)c4Cn4cc(-c5ccccc5)cn4)cc3)cc2)CC1. The van der Waals surface area contributed by atoms with Crippen molar-refractivity contribution in [1.82, 2.24) is 14.9 Å². The van der Waals surface area contributed by atoms with Gasteiger partial charge in [0, 0.05) is 22.9 Å². The molecule has 1 aliphatic rings. The maximum atomic E-state index is 12.4. The van der Waals surface area contributed by atoms with E-state index >= 15 is 0 Å². The molecule has 0 aliphatic heterocycles. The van der Waals surface area contributed by atoms with Gasteiger partial charge in [0.15, 0.2) is 5.76 Å². The quantitative estimate of drug-likeness (QED) is 0.217. The van der Waals surface area contributed by atoms with E-state index in [1.54, 1.807) is 0 Å². The summed E-state index contributed by atoms with van der Waals surface area (Å²) in [6, 6.07) is 26.8. The van der Waals surface area contributed by atoms with Crippen LogP contribution >= 0.6 is 0 Å². The Morgan fingerprint density at radius 1 is 0.895 bits per heavy atom. The summed E-state index contributed by atoms with van der Waals surface area (Å²) in [5.74, 6) is 0.646. The van der Waals surface area contributed by atoms with Crippen LogP contribution in [0.2, 0.25) is 0 Å². The third-order valence-corrected chi connectivity index (χ3v) is 7.38. The van der Waals surface area contributed by atoms with Crippen LogP contribution < -0.4 is 0 Å². The minimum Gasteiger partial charge on any atom is -0.465 e. The van der Waals surface area contributed by atoms with Crippen LogP contribution in [0.15, 0.2) is 95.8 Å². The van der Waals surface area contributed by atoms with Gasteiger partial charge in [0.05, 0.1) is 30.5 Å². The Balaban J connectivity index is 1.20. The highest BCUT2D eigenvalue weighted by Crippen LogP contribution is 2.49. The number of nitrogens with zero attached hydrogens (tertiary/aromatic N) is 3. The predicted molar refractivity (Wildman–Crippen MR) is 146 cm³/mol. The Morgan fingerprint density at radius 3 is 2.18 bits per heavy atom. The minimum atomic E-state index is -0.449. The number of aromatic nitrogens is 3. The smallest absolute Gasteiger partial charge is 0.316 e. The lowest BCUT2D eigenvalue weighted by Crippen LogP contribution is -2.23. The molecule has 1 aliphatic carbocycles. The molecule has 0 atom stereocenters. The largest absolute Gasteiger partial charge is 0.465 e. The van der Waals surface area contributed by atoms with Crippen LogP contribution in [-0.4, -0.2) is 27.5 Å². The molecule has 190 valence electrons. The molecule has 38 heavy (non-hydrogen) atoms. The summed E-state index contributed by atoms with van der Waals surface area (Å²) in [7, 11) is 0. The van der Waals surface area contributed by atoms with Gasteiger partial charge in [-0.1, -0.05) is 84.0 Å². The van der Waals surface area contributed by atoms with Crippen LogP contribution in [-0.2, 0) is 21.5 Å². The highest BCUT2D eigenvalue weighted by molar-refractivity contribution is 5.87. The van der Waals surface area contributed by atoms with E-state index in [0.29, 0.717) is 13.2 Å². The lowest BCUT2D eigenvalue weighted by molar-refractivity contribution is -0.146. The zero-order chi connectivity index (χ0) is 26.1. The van der Waals surface area contributed by atoms with E-state index in [1.807, 2.05) is 49.1 Å². The predicted octanol–water partition coefficient (Wildman–Crippen LogP) is 6.82. The summed E-state index contributed by atoms with van der Waals surface area (Å²) in [5, 5.41) is 8.81. The fraction of sp³-hybridized carbons (Fsp3) is 0.219.